The Balaban J connectivity index is 1.48. The molecule has 3 atom stereocenters. The molecule has 2 aromatic rings. The molecular formula is C27H32N2O6. The number of carboxylic acid groups (broad SMARTS) is 1. The Hall–Kier alpha value is -3.39. The van der Waals surface area contributed by atoms with Crippen LogP contribution in [0.1, 0.15) is 37.3 Å². The fraction of sp³-hybridized carbons (Fsp3) is 0.444. The summed E-state index contributed by atoms with van der Waals surface area (Å²) in [5, 5.41) is 12.2. The smallest absolute Gasteiger partial charge is 0.408 e. The second-order valence-corrected chi connectivity index (χ2v) is 9.45. The first-order chi connectivity index (χ1) is 16.8. The van der Waals surface area contributed by atoms with Crippen LogP contribution in [0.15, 0.2) is 48.5 Å². The van der Waals surface area contributed by atoms with E-state index in [1.54, 1.807) is 6.92 Å². The lowest BCUT2D eigenvalue weighted by Crippen LogP contribution is -2.62. The summed E-state index contributed by atoms with van der Waals surface area (Å²) in [6, 6.07) is 16.1. The van der Waals surface area contributed by atoms with Gasteiger partial charge in [0.05, 0.1) is 12.5 Å². The first kappa shape index (κ1) is 24.7. The van der Waals surface area contributed by atoms with Gasteiger partial charge in [-0.3, -0.25) is 9.59 Å². The number of rotatable bonds is 8. The third kappa shape index (κ3) is 4.62. The summed E-state index contributed by atoms with van der Waals surface area (Å²) in [6.45, 7) is 4.10. The Kier molecular flexibility index (Phi) is 7.12. The Morgan fingerprint density at radius 3 is 2.17 bits per heavy atom. The molecule has 186 valence electrons. The predicted molar refractivity (Wildman–Crippen MR) is 130 cm³/mol. The molecule has 4 rings (SSSR count). The van der Waals surface area contributed by atoms with E-state index in [0.29, 0.717) is 6.54 Å². The van der Waals surface area contributed by atoms with Crippen molar-refractivity contribution in [3.8, 4) is 11.1 Å². The van der Waals surface area contributed by atoms with Gasteiger partial charge >= 0.3 is 12.1 Å². The summed E-state index contributed by atoms with van der Waals surface area (Å²) in [5.41, 5.74) is 3.12. The van der Waals surface area contributed by atoms with Crippen LogP contribution >= 0.6 is 0 Å². The Morgan fingerprint density at radius 1 is 1.06 bits per heavy atom. The number of methoxy groups -OCH3 is 1. The van der Waals surface area contributed by atoms with Crippen molar-refractivity contribution in [1.29, 1.82) is 0 Å². The Morgan fingerprint density at radius 2 is 1.66 bits per heavy atom. The molecule has 1 unspecified atom stereocenters. The molecule has 0 radical (unpaired) electrons. The Labute approximate surface area is 205 Å². The molecule has 1 fully saturated rings. The predicted octanol–water partition coefficient (Wildman–Crippen LogP) is 3.50. The first-order valence-corrected chi connectivity index (χ1v) is 12.0. The monoisotopic (exact) mass is 480 g/mol. The molecule has 2 aromatic carbocycles. The lowest BCUT2D eigenvalue weighted by molar-refractivity contribution is -0.143. The normalized spacial score (nSPS) is 20.6. The van der Waals surface area contributed by atoms with Crippen LogP contribution in [-0.2, 0) is 19.1 Å². The third-order valence-electron chi connectivity index (χ3n) is 7.31. The van der Waals surface area contributed by atoms with E-state index >= 15 is 0 Å². The number of nitrogens with zero attached hydrogens (tertiary/aromatic N) is 1. The summed E-state index contributed by atoms with van der Waals surface area (Å²) in [6.07, 6.45) is -0.437. The second-order valence-electron chi connectivity index (χ2n) is 9.45. The van der Waals surface area contributed by atoms with Gasteiger partial charge in [0.1, 0.15) is 12.1 Å². The molecule has 35 heavy (non-hydrogen) atoms. The highest BCUT2D eigenvalue weighted by atomic mass is 16.5. The van der Waals surface area contributed by atoms with E-state index in [2.05, 4.69) is 17.4 Å². The fourth-order valence-corrected chi connectivity index (χ4v) is 5.33. The van der Waals surface area contributed by atoms with E-state index in [4.69, 9.17) is 9.47 Å². The molecule has 1 heterocycles. The average molecular weight is 481 g/mol. The maximum absolute atomic E-state index is 13.5. The van der Waals surface area contributed by atoms with Crippen molar-refractivity contribution in [3.63, 3.8) is 0 Å². The number of hydrogen-bond acceptors (Lipinski definition) is 5. The zero-order valence-electron chi connectivity index (χ0n) is 20.3. The number of carbonyl (C=O) groups excluding carboxylic acids is 2. The highest BCUT2D eigenvalue weighted by Crippen LogP contribution is 2.44. The van der Waals surface area contributed by atoms with Gasteiger partial charge in [0.2, 0.25) is 0 Å². The van der Waals surface area contributed by atoms with Crippen molar-refractivity contribution in [1.82, 2.24) is 10.2 Å². The molecule has 0 saturated carbocycles. The maximum atomic E-state index is 13.5. The quantitative estimate of drug-likeness (QED) is 0.599. The molecule has 2 aliphatic rings. The average Bonchev–Trinajstić information content (AvgIpc) is 3.40. The standard InChI is InChI=1S/C27H32N2O6/c1-4-27(16-34-3,25(32)29-13-17(2)22(14-29)24(30)31)28-26(33)35-15-23-20-11-7-5-9-18(20)19-10-6-8-12-21(19)23/h5-12,17,22-23H,4,13-16H2,1-3H3,(H,28,33)(H,30,31)/t17-,22-,27?/m0/s1. The summed E-state index contributed by atoms with van der Waals surface area (Å²) in [4.78, 5) is 39.5. The van der Waals surface area contributed by atoms with Crippen molar-refractivity contribution in [3.05, 3.63) is 59.7 Å². The van der Waals surface area contributed by atoms with Crippen LogP contribution in [0.3, 0.4) is 0 Å². The van der Waals surface area contributed by atoms with Crippen LogP contribution in [0.4, 0.5) is 4.79 Å². The van der Waals surface area contributed by atoms with Crippen molar-refractivity contribution < 1.29 is 29.0 Å². The Bertz CT molecular complexity index is 1070. The van der Waals surface area contributed by atoms with Gasteiger partial charge in [0.15, 0.2) is 0 Å². The van der Waals surface area contributed by atoms with E-state index in [1.165, 1.54) is 12.0 Å². The number of likely N-dealkylation sites (tertiary alicyclic amines) is 1. The molecule has 0 spiro atoms. The zero-order valence-corrected chi connectivity index (χ0v) is 20.3. The number of ether oxygens (including phenoxy) is 2. The molecule has 8 nitrogen and oxygen atoms in total. The maximum Gasteiger partial charge on any atom is 0.408 e. The lowest BCUT2D eigenvalue weighted by atomic mass is 9.95. The molecule has 0 bridgehead atoms. The number of nitrogens with one attached hydrogen (secondary N) is 1. The van der Waals surface area contributed by atoms with Crippen LogP contribution in [0.5, 0.6) is 0 Å². The number of hydrogen-bond donors (Lipinski definition) is 2. The molecule has 8 heteroatoms. The minimum absolute atomic E-state index is 0.0465. The van der Waals surface area contributed by atoms with E-state index in [-0.39, 0.29) is 43.9 Å². The van der Waals surface area contributed by atoms with E-state index in [9.17, 15) is 19.5 Å². The van der Waals surface area contributed by atoms with Crippen LogP contribution in [0.2, 0.25) is 0 Å². The minimum atomic E-state index is -1.34. The second kappa shape index (κ2) is 10.1. The number of carbonyl (C=O) groups is 3. The van der Waals surface area contributed by atoms with E-state index in [1.807, 2.05) is 43.3 Å². The molecule has 1 aliphatic carbocycles. The van der Waals surface area contributed by atoms with Crippen molar-refractivity contribution in [2.45, 2.75) is 31.7 Å². The summed E-state index contributed by atoms with van der Waals surface area (Å²) >= 11 is 0. The van der Waals surface area contributed by atoms with Gasteiger partial charge in [-0.25, -0.2) is 4.79 Å². The molecule has 1 aliphatic heterocycles. The number of aliphatic carboxylic acids is 1. The summed E-state index contributed by atoms with van der Waals surface area (Å²) in [5.74, 6) is -2.19. The molecule has 0 aromatic heterocycles. The van der Waals surface area contributed by atoms with Crippen molar-refractivity contribution in [2.75, 3.05) is 33.4 Å². The van der Waals surface area contributed by atoms with Gasteiger partial charge in [0, 0.05) is 26.1 Å². The largest absolute Gasteiger partial charge is 0.481 e. The van der Waals surface area contributed by atoms with Crippen LogP contribution in [-0.4, -0.2) is 66.9 Å². The highest BCUT2D eigenvalue weighted by molar-refractivity contribution is 5.91. The molecule has 2 N–H and O–H groups in total. The van der Waals surface area contributed by atoms with E-state index in [0.717, 1.165) is 22.3 Å². The van der Waals surface area contributed by atoms with Crippen LogP contribution in [0.25, 0.3) is 11.1 Å². The topological polar surface area (TPSA) is 105 Å². The number of benzene rings is 2. The van der Waals surface area contributed by atoms with Crippen LogP contribution < -0.4 is 5.32 Å². The first-order valence-electron chi connectivity index (χ1n) is 12.0. The SMILES string of the molecule is CCC(COC)(NC(=O)OCC1c2ccccc2-c2ccccc21)C(=O)N1C[C@H](C(=O)O)[C@@H](C)C1. The fourth-order valence-electron chi connectivity index (χ4n) is 5.33. The highest BCUT2D eigenvalue weighted by Gasteiger charge is 2.46. The number of carboxylic acids is 1. The van der Waals surface area contributed by atoms with Gasteiger partial charge in [-0.15, -0.1) is 0 Å². The number of fused-ring (bicyclic) bond motifs is 3. The van der Waals surface area contributed by atoms with Gasteiger partial charge in [-0.1, -0.05) is 62.4 Å². The number of amides is 2. The molecular weight excluding hydrogens is 448 g/mol. The minimum Gasteiger partial charge on any atom is -0.481 e. The van der Waals surface area contributed by atoms with Crippen molar-refractivity contribution >= 4 is 18.0 Å². The third-order valence-corrected chi connectivity index (χ3v) is 7.31. The van der Waals surface area contributed by atoms with E-state index < -0.39 is 23.5 Å². The molecule has 1 saturated heterocycles. The van der Waals surface area contributed by atoms with Gasteiger partial charge < -0.3 is 24.8 Å². The van der Waals surface area contributed by atoms with Gasteiger partial charge in [-0.05, 0) is 34.6 Å². The van der Waals surface area contributed by atoms with Crippen molar-refractivity contribution in [2.24, 2.45) is 11.8 Å². The molecule has 2 amide bonds. The lowest BCUT2D eigenvalue weighted by Gasteiger charge is -2.35. The van der Waals surface area contributed by atoms with Crippen LogP contribution in [0, 0.1) is 11.8 Å². The van der Waals surface area contributed by atoms with Gasteiger partial charge in [-0.2, -0.15) is 0 Å². The summed E-state index contributed by atoms with van der Waals surface area (Å²) < 4.78 is 11.0. The zero-order chi connectivity index (χ0) is 25.2. The number of alkyl carbamates (subject to hydrolysis) is 1. The van der Waals surface area contributed by atoms with Gasteiger partial charge in [0.25, 0.3) is 5.91 Å². The summed E-state index contributed by atoms with van der Waals surface area (Å²) in [7, 11) is 1.46.